The van der Waals surface area contributed by atoms with E-state index in [1.807, 2.05) is 0 Å². The number of carbonyl (C=O) groups excluding carboxylic acids is 1. The molecule has 0 amide bonds. The van der Waals surface area contributed by atoms with Crippen LogP contribution in [0.15, 0.2) is 0 Å². The van der Waals surface area contributed by atoms with Crippen molar-refractivity contribution >= 4 is 5.97 Å². The summed E-state index contributed by atoms with van der Waals surface area (Å²) in [5, 5.41) is 3.19. The van der Waals surface area contributed by atoms with Crippen LogP contribution in [0.3, 0.4) is 0 Å². The van der Waals surface area contributed by atoms with Gasteiger partial charge in [-0.2, -0.15) is 0 Å². The van der Waals surface area contributed by atoms with Crippen molar-refractivity contribution in [1.82, 2.24) is 5.32 Å². The highest BCUT2D eigenvalue weighted by atomic mass is 16.5. The van der Waals surface area contributed by atoms with Gasteiger partial charge in [0.2, 0.25) is 0 Å². The molecule has 4 nitrogen and oxygen atoms in total. The van der Waals surface area contributed by atoms with E-state index in [9.17, 15) is 4.79 Å². The predicted octanol–water partition coefficient (Wildman–Crippen LogP) is 1.88. The SMILES string of the molecule is CCCNC(CCOC1CCCC1)C(=O)OC. The Morgan fingerprint density at radius 2 is 2.12 bits per heavy atom. The van der Waals surface area contributed by atoms with Crippen molar-refractivity contribution in [3.63, 3.8) is 0 Å². The molecule has 1 N–H and O–H groups in total. The average Bonchev–Trinajstić information content (AvgIpc) is 2.85. The molecule has 1 atom stereocenters. The second-order valence-corrected chi connectivity index (χ2v) is 4.60. The van der Waals surface area contributed by atoms with Gasteiger partial charge in [-0.05, 0) is 32.2 Å². The molecule has 100 valence electrons. The first-order chi connectivity index (χ1) is 8.27. The minimum Gasteiger partial charge on any atom is -0.468 e. The van der Waals surface area contributed by atoms with Crippen LogP contribution < -0.4 is 5.32 Å². The van der Waals surface area contributed by atoms with Crippen molar-refractivity contribution in [1.29, 1.82) is 0 Å². The van der Waals surface area contributed by atoms with Crippen molar-refractivity contribution in [2.75, 3.05) is 20.3 Å². The van der Waals surface area contributed by atoms with Gasteiger partial charge in [-0.3, -0.25) is 4.79 Å². The third kappa shape index (κ3) is 5.50. The molecule has 0 radical (unpaired) electrons. The lowest BCUT2D eigenvalue weighted by Gasteiger charge is -2.17. The predicted molar refractivity (Wildman–Crippen MR) is 66.9 cm³/mol. The molecule has 17 heavy (non-hydrogen) atoms. The summed E-state index contributed by atoms with van der Waals surface area (Å²) in [5.74, 6) is -0.187. The molecule has 1 rings (SSSR count). The summed E-state index contributed by atoms with van der Waals surface area (Å²) in [6.45, 7) is 3.56. The number of hydrogen-bond acceptors (Lipinski definition) is 4. The van der Waals surface area contributed by atoms with Crippen LogP contribution in [0.5, 0.6) is 0 Å². The van der Waals surface area contributed by atoms with Gasteiger partial charge in [-0.15, -0.1) is 0 Å². The summed E-state index contributed by atoms with van der Waals surface area (Å²) in [6.07, 6.45) is 7.02. The van der Waals surface area contributed by atoms with E-state index in [1.165, 1.54) is 32.8 Å². The lowest BCUT2D eigenvalue weighted by Crippen LogP contribution is -2.39. The molecular weight excluding hydrogens is 218 g/mol. The second-order valence-electron chi connectivity index (χ2n) is 4.60. The van der Waals surface area contributed by atoms with Crippen molar-refractivity contribution in [3.8, 4) is 0 Å². The number of ether oxygens (including phenoxy) is 2. The summed E-state index contributed by atoms with van der Waals surface area (Å²) >= 11 is 0. The minimum absolute atomic E-state index is 0.187. The minimum atomic E-state index is -0.221. The molecule has 4 heteroatoms. The van der Waals surface area contributed by atoms with Gasteiger partial charge >= 0.3 is 5.97 Å². The monoisotopic (exact) mass is 243 g/mol. The molecule has 0 saturated heterocycles. The van der Waals surface area contributed by atoms with Gasteiger partial charge in [0.1, 0.15) is 6.04 Å². The van der Waals surface area contributed by atoms with Gasteiger partial charge in [-0.1, -0.05) is 19.8 Å². The lowest BCUT2D eigenvalue weighted by molar-refractivity contribution is -0.143. The van der Waals surface area contributed by atoms with Crippen molar-refractivity contribution in [3.05, 3.63) is 0 Å². The van der Waals surface area contributed by atoms with E-state index in [2.05, 4.69) is 12.2 Å². The highest BCUT2D eigenvalue weighted by molar-refractivity contribution is 5.75. The lowest BCUT2D eigenvalue weighted by atomic mass is 10.2. The molecule has 1 unspecified atom stereocenters. The van der Waals surface area contributed by atoms with Crippen LogP contribution in [0.25, 0.3) is 0 Å². The van der Waals surface area contributed by atoms with Crippen LogP contribution in [-0.2, 0) is 14.3 Å². The molecule has 1 aliphatic carbocycles. The molecule has 0 heterocycles. The maximum Gasteiger partial charge on any atom is 0.322 e. The Morgan fingerprint density at radius 3 is 2.71 bits per heavy atom. The second kappa shape index (κ2) is 8.48. The number of methoxy groups -OCH3 is 1. The van der Waals surface area contributed by atoms with Crippen LogP contribution >= 0.6 is 0 Å². The average molecular weight is 243 g/mol. The molecule has 0 aromatic rings. The van der Waals surface area contributed by atoms with Gasteiger partial charge in [-0.25, -0.2) is 0 Å². The molecule has 1 aliphatic rings. The third-order valence-corrected chi connectivity index (χ3v) is 3.19. The Bertz CT molecular complexity index is 215. The van der Waals surface area contributed by atoms with Crippen LogP contribution in [-0.4, -0.2) is 38.4 Å². The molecule has 1 saturated carbocycles. The summed E-state index contributed by atoms with van der Waals surface area (Å²) in [7, 11) is 1.43. The Balaban J connectivity index is 2.19. The molecule has 0 spiro atoms. The van der Waals surface area contributed by atoms with Crippen LogP contribution in [0.2, 0.25) is 0 Å². The smallest absolute Gasteiger partial charge is 0.322 e. The fourth-order valence-corrected chi connectivity index (χ4v) is 2.17. The van der Waals surface area contributed by atoms with E-state index < -0.39 is 0 Å². The Hall–Kier alpha value is -0.610. The molecule has 0 aliphatic heterocycles. The molecule has 0 aromatic heterocycles. The first kappa shape index (κ1) is 14.5. The first-order valence-corrected chi connectivity index (χ1v) is 6.70. The first-order valence-electron chi connectivity index (χ1n) is 6.70. The topological polar surface area (TPSA) is 47.6 Å². The highest BCUT2D eigenvalue weighted by Gasteiger charge is 2.20. The van der Waals surface area contributed by atoms with Gasteiger partial charge in [0.25, 0.3) is 0 Å². The van der Waals surface area contributed by atoms with Crippen LogP contribution in [0.4, 0.5) is 0 Å². The van der Waals surface area contributed by atoms with Crippen LogP contribution in [0, 0.1) is 0 Å². The quantitative estimate of drug-likeness (QED) is 0.661. The molecule has 0 bridgehead atoms. The number of hydrogen-bond donors (Lipinski definition) is 1. The van der Waals surface area contributed by atoms with Crippen molar-refractivity contribution in [2.45, 2.75) is 57.6 Å². The summed E-state index contributed by atoms with van der Waals surface area (Å²) < 4.78 is 10.5. The number of nitrogens with one attached hydrogen (secondary N) is 1. The Labute approximate surface area is 104 Å². The van der Waals surface area contributed by atoms with Gasteiger partial charge < -0.3 is 14.8 Å². The fourth-order valence-electron chi connectivity index (χ4n) is 2.17. The fraction of sp³-hybridized carbons (Fsp3) is 0.923. The Morgan fingerprint density at radius 1 is 1.41 bits per heavy atom. The normalized spacial score (nSPS) is 18.2. The number of rotatable bonds is 8. The molecular formula is C13H25NO3. The standard InChI is InChI=1S/C13H25NO3/c1-3-9-14-12(13(15)16-2)8-10-17-11-6-4-5-7-11/h11-12,14H,3-10H2,1-2H3. The molecule has 0 aromatic carbocycles. The zero-order chi connectivity index (χ0) is 12.5. The highest BCUT2D eigenvalue weighted by Crippen LogP contribution is 2.21. The van der Waals surface area contributed by atoms with E-state index >= 15 is 0 Å². The van der Waals surface area contributed by atoms with Gasteiger partial charge in [0, 0.05) is 6.61 Å². The molecule has 1 fully saturated rings. The van der Waals surface area contributed by atoms with E-state index in [-0.39, 0.29) is 12.0 Å². The van der Waals surface area contributed by atoms with Crippen molar-refractivity contribution < 1.29 is 14.3 Å². The van der Waals surface area contributed by atoms with E-state index in [4.69, 9.17) is 9.47 Å². The summed E-state index contributed by atoms with van der Waals surface area (Å²) in [6, 6.07) is -0.221. The third-order valence-electron chi connectivity index (χ3n) is 3.19. The van der Waals surface area contributed by atoms with Crippen molar-refractivity contribution in [2.24, 2.45) is 0 Å². The van der Waals surface area contributed by atoms with E-state index in [0.717, 1.165) is 13.0 Å². The van der Waals surface area contributed by atoms with E-state index in [0.29, 0.717) is 19.1 Å². The summed E-state index contributed by atoms with van der Waals surface area (Å²) in [5.41, 5.74) is 0. The zero-order valence-corrected chi connectivity index (χ0v) is 11.0. The summed E-state index contributed by atoms with van der Waals surface area (Å²) in [4.78, 5) is 11.5. The van der Waals surface area contributed by atoms with E-state index in [1.54, 1.807) is 0 Å². The zero-order valence-electron chi connectivity index (χ0n) is 11.0. The van der Waals surface area contributed by atoms with Gasteiger partial charge in [0.15, 0.2) is 0 Å². The maximum absolute atomic E-state index is 11.5. The van der Waals surface area contributed by atoms with Crippen LogP contribution in [0.1, 0.15) is 45.4 Å². The largest absolute Gasteiger partial charge is 0.468 e. The van der Waals surface area contributed by atoms with Gasteiger partial charge in [0.05, 0.1) is 13.2 Å². The number of carbonyl (C=O) groups is 1. The Kier molecular flexibility index (Phi) is 7.21. The maximum atomic E-state index is 11.5. The number of esters is 1.